The zero-order valence-corrected chi connectivity index (χ0v) is 27.1. The van der Waals surface area contributed by atoms with Gasteiger partial charge >= 0.3 is 0 Å². The lowest BCUT2D eigenvalue weighted by Crippen LogP contribution is -2.37. The molecule has 0 heterocycles. The molecule has 0 spiro atoms. The second-order valence-electron chi connectivity index (χ2n) is 13.9. The molecule has 0 aliphatic carbocycles. The first-order chi connectivity index (χ1) is 15.6. The van der Waals surface area contributed by atoms with Crippen molar-refractivity contribution in [1.82, 2.24) is 0 Å². The molecule has 0 aromatic heterocycles. The van der Waals surface area contributed by atoms with Gasteiger partial charge in [0.1, 0.15) is 0 Å². The fourth-order valence-electron chi connectivity index (χ4n) is 7.05. The molecule has 14 atom stereocenters. The molecule has 0 heteroatoms. The SMILES string of the molecule is C.C.C.C.C.C.C.C.C.CCC(C)C(C)C(C)C(C)C(C)C(C)C(C)C(C)C(C)C(C)C(C)C(C)C(C)C(C)C(C)CC. The van der Waals surface area contributed by atoms with E-state index in [-0.39, 0.29) is 66.8 Å². The molecule has 0 radical (unpaired) electrons. The van der Waals surface area contributed by atoms with Crippen LogP contribution in [0.2, 0.25) is 0 Å². The zero-order valence-electron chi connectivity index (χ0n) is 27.1. The Hall–Kier alpha value is 0. The second-order valence-corrected chi connectivity index (χ2v) is 13.9. The van der Waals surface area contributed by atoms with E-state index in [1.54, 1.807) is 0 Å². The molecule has 0 bridgehead atoms. The molecule has 0 saturated carbocycles. The van der Waals surface area contributed by atoms with Crippen LogP contribution in [0, 0.1) is 88.8 Å². The first-order valence-electron chi connectivity index (χ1n) is 15.6. The van der Waals surface area contributed by atoms with Crippen LogP contribution in [0.15, 0.2) is 0 Å². The summed E-state index contributed by atoms with van der Waals surface area (Å²) in [4.78, 5) is 0. The van der Waals surface area contributed by atoms with E-state index in [1.807, 2.05) is 0 Å². The van der Waals surface area contributed by atoms with E-state index in [9.17, 15) is 0 Å². The van der Waals surface area contributed by atoms with Gasteiger partial charge in [0.25, 0.3) is 0 Å². The molecular formula is C43H106. The average Bonchev–Trinajstić information content (AvgIpc) is 2.85. The first-order valence-corrected chi connectivity index (χ1v) is 15.6. The van der Waals surface area contributed by atoms with Gasteiger partial charge in [0.15, 0.2) is 0 Å². The van der Waals surface area contributed by atoms with Crippen molar-refractivity contribution >= 4 is 0 Å². The van der Waals surface area contributed by atoms with Gasteiger partial charge in [-0.05, 0) is 88.8 Å². The van der Waals surface area contributed by atoms with Gasteiger partial charge in [-0.1, -0.05) is 197 Å². The Morgan fingerprint density at radius 1 is 0.209 bits per heavy atom. The van der Waals surface area contributed by atoms with E-state index < -0.39 is 0 Å². The van der Waals surface area contributed by atoms with E-state index in [1.165, 1.54) is 12.8 Å². The maximum Gasteiger partial charge on any atom is -0.0386 e. The number of hydrogen-bond donors (Lipinski definition) is 0. The highest BCUT2D eigenvalue weighted by Gasteiger charge is 2.37. The Morgan fingerprint density at radius 3 is 0.395 bits per heavy atom. The molecule has 0 aromatic rings. The second kappa shape index (κ2) is 32.0. The largest absolute Gasteiger partial charge is 0.0776 e. The standard InChI is InChI=1S/C34H70.9CH4/c1-18-20(3)22(5)24(7)26(9)28(11)30(13)32(15)34(17)33(16)31(14)29(12)27(10)25(8)23(6)21(4)19-2;;;;;;;;;/h20-34H,18-19H2,1-17H3;9*1H4. The molecule has 0 aliphatic heterocycles. The van der Waals surface area contributed by atoms with Crippen molar-refractivity contribution in [3.63, 3.8) is 0 Å². The summed E-state index contributed by atoms with van der Waals surface area (Å²) in [6.45, 7) is 42.6. The molecule has 14 unspecified atom stereocenters. The van der Waals surface area contributed by atoms with Crippen LogP contribution in [0.5, 0.6) is 0 Å². The minimum atomic E-state index is 0. The average molecular weight is 623 g/mol. The Labute approximate surface area is 285 Å². The van der Waals surface area contributed by atoms with Crippen LogP contribution >= 0.6 is 0 Å². The van der Waals surface area contributed by atoms with Gasteiger partial charge in [-0.25, -0.2) is 0 Å². The van der Waals surface area contributed by atoms with Gasteiger partial charge in [0.2, 0.25) is 0 Å². The Kier molecular flexibility index (Phi) is 51.8. The highest BCUT2D eigenvalue weighted by Crippen LogP contribution is 2.43. The predicted molar refractivity (Wildman–Crippen MR) is 219 cm³/mol. The molecule has 43 heavy (non-hydrogen) atoms. The van der Waals surface area contributed by atoms with E-state index in [0.29, 0.717) is 0 Å². The molecule has 0 N–H and O–H groups in total. The van der Waals surface area contributed by atoms with Gasteiger partial charge in [0.05, 0.1) is 0 Å². The lowest BCUT2D eigenvalue weighted by molar-refractivity contribution is 0.0567. The fourth-order valence-corrected chi connectivity index (χ4v) is 7.05. The third kappa shape index (κ3) is 18.7. The summed E-state index contributed by atoms with van der Waals surface area (Å²) in [5.41, 5.74) is 0. The van der Waals surface area contributed by atoms with Crippen molar-refractivity contribution in [1.29, 1.82) is 0 Å². The van der Waals surface area contributed by atoms with Crippen LogP contribution in [0.1, 0.15) is 197 Å². The topological polar surface area (TPSA) is 0 Å². The van der Waals surface area contributed by atoms with Crippen molar-refractivity contribution in [2.75, 3.05) is 0 Å². The molecule has 0 nitrogen and oxygen atoms in total. The highest BCUT2D eigenvalue weighted by atomic mass is 14.4. The summed E-state index contributed by atoms with van der Waals surface area (Å²) in [7, 11) is 0. The van der Waals surface area contributed by atoms with Crippen molar-refractivity contribution in [2.24, 2.45) is 88.8 Å². The minimum Gasteiger partial charge on any atom is -0.0776 e. The molecule has 0 aliphatic rings. The molecule has 278 valence electrons. The lowest BCUT2D eigenvalue weighted by Gasteiger charge is -2.43. The lowest BCUT2D eigenvalue weighted by atomic mass is 9.62. The van der Waals surface area contributed by atoms with Crippen LogP contribution in [0.3, 0.4) is 0 Å². The molecule has 0 rings (SSSR count). The molecule has 0 amide bonds. The smallest absolute Gasteiger partial charge is 0.0386 e. The summed E-state index contributed by atoms with van der Waals surface area (Å²) in [6, 6.07) is 0. The summed E-state index contributed by atoms with van der Waals surface area (Å²) < 4.78 is 0. The normalized spacial score (nSPS) is 20.6. The predicted octanol–water partition coefficient (Wildman–Crippen LogP) is 17.1. The summed E-state index contributed by atoms with van der Waals surface area (Å²) >= 11 is 0. The highest BCUT2D eigenvalue weighted by molar-refractivity contribution is 4.85. The van der Waals surface area contributed by atoms with E-state index >= 15 is 0 Å². The monoisotopic (exact) mass is 623 g/mol. The van der Waals surface area contributed by atoms with Crippen molar-refractivity contribution in [2.45, 2.75) is 197 Å². The minimum absolute atomic E-state index is 0. The Balaban J connectivity index is -0.000000151. The van der Waals surface area contributed by atoms with Crippen LogP contribution < -0.4 is 0 Å². The zero-order chi connectivity index (χ0) is 27.1. The quantitative estimate of drug-likeness (QED) is 0.161. The third-order valence-corrected chi connectivity index (χ3v) is 13.0. The van der Waals surface area contributed by atoms with Crippen molar-refractivity contribution in [3.05, 3.63) is 0 Å². The van der Waals surface area contributed by atoms with E-state index in [4.69, 9.17) is 0 Å². The van der Waals surface area contributed by atoms with Gasteiger partial charge in [-0.2, -0.15) is 0 Å². The maximum absolute atomic E-state index is 2.56. The van der Waals surface area contributed by atoms with Gasteiger partial charge in [-0.15, -0.1) is 0 Å². The first kappa shape index (κ1) is 69.7. The Morgan fingerprint density at radius 2 is 0.302 bits per heavy atom. The third-order valence-electron chi connectivity index (χ3n) is 13.0. The summed E-state index contributed by atoms with van der Waals surface area (Å²) in [6.07, 6.45) is 2.60. The van der Waals surface area contributed by atoms with Gasteiger partial charge < -0.3 is 0 Å². The van der Waals surface area contributed by atoms with Gasteiger partial charge in [0, 0.05) is 0 Å². The fraction of sp³-hybridized carbons (Fsp3) is 1.00. The molecule has 0 aromatic carbocycles. The maximum atomic E-state index is 2.56. The van der Waals surface area contributed by atoms with Gasteiger partial charge in [-0.3, -0.25) is 0 Å². The molecular weight excluding hydrogens is 516 g/mol. The van der Waals surface area contributed by atoms with Crippen LogP contribution in [0.4, 0.5) is 0 Å². The van der Waals surface area contributed by atoms with Crippen LogP contribution in [0.25, 0.3) is 0 Å². The Bertz CT molecular complexity index is 476. The van der Waals surface area contributed by atoms with Crippen LogP contribution in [-0.4, -0.2) is 0 Å². The number of hydrogen-bond acceptors (Lipinski definition) is 0. The van der Waals surface area contributed by atoms with Crippen LogP contribution in [-0.2, 0) is 0 Å². The molecule has 0 saturated heterocycles. The summed E-state index contributed by atoms with van der Waals surface area (Å²) in [5, 5.41) is 0. The summed E-state index contributed by atoms with van der Waals surface area (Å²) in [5.74, 6) is 11.8. The molecule has 0 fully saturated rings. The van der Waals surface area contributed by atoms with Crippen molar-refractivity contribution < 1.29 is 0 Å². The van der Waals surface area contributed by atoms with E-state index in [2.05, 4.69) is 118 Å². The van der Waals surface area contributed by atoms with Crippen molar-refractivity contribution in [3.8, 4) is 0 Å². The van der Waals surface area contributed by atoms with E-state index in [0.717, 1.165) is 88.8 Å². The number of rotatable bonds is 16.